The minimum Gasteiger partial charge on any atom is -0.383 e. The summed E-state index contributed by atoms with van der Waals surface area (Å²) in [7, 11) is -1.48. The van der Waals surface area contributed by atoms with Crippen molar-refractivity contribution in [3.63, 3.8) is 0 Å². The van der Waals surface area contributed by atoms with Gasteiger partial charge >= 0.3 is 0 Å². The Labute approximate surface area is 104 Å². The average Bonchev–Trinajstić information content (AvgIpc) is 2.82. The number of hydrogen-bond donors (Lipinski definition) is 1. The molecule has 5 nitrogen and oxygen atoms in total. The second kappa shape index (κ2) is 3.46. The van der Waals surface area contributed by atoms with Gasteiger partial charge in [-0.2, -0.15) is 5.10 Å². The first-order valence-corrected chi connectivity index (χ1v) is 6.89. The Balaban J connectivity index is 2.18. The van der Waals surface area contributed by atoms with E-state index in [0.29, 0.717) is 16.3 Å². The number of nitrogens with two attached hydrogens (primary N) is 1. The zero-order valence-electron chi connectivity index (χ0n) is 9.66. The maximum atomic E-state index is 11.6. The highest BCUT2D eigenvalue weighted by molar-refractivity contribution is 7.94. The van der Waals surface area contributed by atoms with Gasteiger partial charge in [0.1, 0.15) is 5.82 Å². The smallest absolute Gasteiger partial charge is 0.200 e. The summed E-state index contributed by atoms with van der Waals surface area (Å²) < 4.78 is 24.9. The first-order valence-electron chi connectivity index (χ1n) is 5.34. The molecule has 1 aromatic heterocycles. The molecule has 1 aliphatic heterocycles. The number of rotatable bonds is 1. The van der Waals surface area contributed by atoms with Crippen LogP contribution < -0.4 is 5.73 Å². The molecule has 1 aliphatic rings. The molecular formula is C12H11N3O2S. The molecule has 0 saturated carbocycles. The van der Waals surface area contributed by atoms with E-state index in [0.717, 1.165) is 11.1 Å². The summed E-state index contributed by atoms with van der Waals surface area (Å²) in [6, 6.07) is 5.16. The first kappa shape index (κ1) is 11.0. The minimum atomic E-state index is -3.24. The van der Waals surface area contributed by atoms with Gasteiger partial charge in [0, 0.05) is 18.0 Å². The molecular weight excluding hydrogens is 250 g/mol. The van der Waals surface area contributed by atoms with E-state index in [2.05, 4.69) is 5.10 Å². The Bertz CT molecular complexity index is 773. The molecule has 6 heteroatoms. The van der Waals surface area contributed by atoms with Gasteiger partial charge in [-0.15, -0.1) is 0 Å². The molecule has 0 atom stereocenters. The summed E-state index contributed by atoms with van der Waals surface area (Å²) in [5.74, 6) is 0.555. The number of aromatic nitrogens is 2. The van der Waals surface area contributed by atoms with E-state index in [-0.39, 0.29) is 0 Å². The maximum absolute atomic E-state index is 11.6. The fourth-order valence-corrected chi connectivity index (χ4v) is 3.20. The van der Waals surface area contributed by atoms with Crippen LogP contribution in [0.3, 0.4) is 0 Å². The molecule has 0 radical (unpaired) electrons. The molecule has 2 heterocycles. The fourth-order valence-electron chi connectivity index (χ4n) is 2.01. The Morgan fingerprint density at radius 1 is 1.33 bits per heavy atom. The van der Waals surface area contributed by atoms with Crippen molar-refractivity contribution in [2.45, 2.75) is 4.90 Å². The lowest BCUT2D eigenvalue weighted by Crippen LogP contribution is -1.98. The molecule has 0 bridgehead atoms. The first-order chi connectivity index (χ1) is 8.49. The minimum absolute atomic E-state index is 0.341. The second-order valence-corrected chi connectivity index (χ2v) is 5.97. The molecule has 18 heavy (non-hydrogen) atoms. The molecule has 3 rings (SSSR count). The van der Waals surface area contributed by atoms with Gasteiger partial charge in [-0.25, -0.2) is 8.42 Å². The van der Waals surface area contributed by atoms with E-state index in [1.165, 1.54) is 5.41 Å². The van der Waals surface area contributed by atoms with Crippen LogP contribution in [-0.2, 0) is 16.9 Å². The Morgan fingerprint density at radius 2 is 2.11 bits per heavy atom. The summed E-state index contributed by atoms with van der Waals surface area (Å²) in [6.07, 6.45) is 3.27. The SMILES string of the molecule is Cn1ncc(-c2ccc3c(c2)C=CS3(=O)=O)c1N. The molecule has 0 fully saturated rings. The lowest BCUT2D eigenvalue weighted by atomic mass is 10.1. The molecule has 0 unspecified atom stereocenters. The maximum Gasteiger partial charge on any atom is 0.200 e. The number of nitrogen functional groups attached to an aromatic ring is 1. The van der Waals surface area contributed by atoms with Crippen LogP contribution >= 0.6 is 0 Å². The van der Waals surface area contributed by atoms with E-state index in [4.69, 9.17) is 5.73 Å². The fraction of sp³-hybridized carbons (Fsp3) is 0.0833. The molecule has 0 amide bonds. The Hall–Kier alpha value is -2.08. The predicted octanol–water partition coefficient (Wildman–Crippen LogP) is 1.43. The van der Waals surface area contributed by atoms with Gasteiger partial charge in [0.2, 0.25) is 0 Å². The lowest BCUT2D eigenvalue weighted by molar-refractivity contribution is 0.605. The number of aryl methyl sites for hydroxylation is 1. The van der Waals surface area contributed by atoms with E-state index in [9.17, 15) is 8.42 Å². The molecule has 0 aliphatic carbocycles. The predicted molar refractivity (Wildman–Crippen MR) is 69.3 cm³/mol. The highest BCUT2D eigenvalue weighted by Gasteiger charge is 2.21. The number of sulfone groups is 1. The standard InChI is InChI=1S/C12H11N3O2S/c1-15-12(13)10(7-14-15)8-2-3-11-9(6-8)4-5-18(11,16)17/h2-7H,13H2,1H3. The summed E-state index contributed by atoms with van der Waals surface area (Å²) in [4.78, 5) is 0.341. The highest BCUT2D eigenvalue weighted by atomic mass is 32.2. The summed E-state index contributed by atoms with van der Waals surface area (Å²) in [5, 5.41) is 5.29. The topological polar surface area (TPSA) is 78.0 Å². The van der Waals surface area contributed by atoms with Crippen molar-refractivity contribution in [1.82, 2.24) is 9.78 Å². The lowest BCUT2D eigenvalue weighted by Gasteiger charge is -2.04. The average molecular weight is 261 g/mol. The van der Waals surface area contributed by atoms with Crippen molar-refractivity contribution in [2.24, 2.45) is 7.05 Å². The van der Waals surface area contributed by atoms with Gasteiger partial charge in [-0.05, 0) is 29.3 Å². The summed E-state index contributed by atoms with van der Waals surface area (Å²) in [5.41, 5.74) is 8.25. The molecule has 92 valence electrons. The van der Waals surface area contributed by atoms with Gasteiger partial charge in [0.05, 0.1) is 11.1 Å². The van der Waals surface area contributed by atoms with Crippen LogP contribution in [0, 0.1) is 0 Å². The van der Waals surface area contributed by atoms with Crippen molar-refractivity contribution in [3.8, 4) is 11.1 Å². The van der Waals surface area contributed by atoms with Crippen molar-refractivity contribution >= 4 is 21.7 Å². The summed E-state index contributed by atoms with van der Waals surface area (Å²) in [6.45, 7) is 0. The quantitative estimate of drug-likeness (QED) is 0.842. The number of fused-ring (bicyclic) bond motifs is 1. The Kier molecular flexibility index (Phi) is 2.12. The van der Waals surface area contributed by atoms with Crippen LogP contribution in [0.4, 0.5) is 5.82 Å². The third-order valence-corrected chi connectivity index (χ3v) is 4.52. The summed E-state index contributed by atoms with van der Waals surface area (Å²) >= 11 is 0. The third-order valence-electron chi connectivity index (χ3n) is 3.04. The molecule has 0 spiro atoms. The van der Waals surface area contributed by atoms with Crippen LogP contribution in [0.1, 0.15) is 5.56 Å². The largest absolute Gasteiger partial charge is 0.383 e. The van der Waals surface area contributed by atoms with Crippen LogP contribution in [0.15, 0.2) is 34.7 Å². The van der Waals surface area contributed by atoms with Crippen molar-refractivity contribution < 1.29 is 8.42 Å². The van der Waals surface area contributed by atoms with Crippen molar-refractivity contribution in [2.75, 3.05) is 5.73 Å². The number of hydrogen-bond acceptors (Lipinski definition) is 4. The highest BCUT2D eigenvalue weighted by Crippen LogP contribution is 2.32. The molecule has 0 saturated heterocycles. The van der Waals surface area contributed by atoms with Gasteiger partial charge in [-0.1, -0.05) is 6.07 Å². The van der Waals surface area contributed by atoms with Crippen molar-refractivity contribution in [1.29, 1.82) is 0 Å². The van der Waals surface area contributed by atoms with Crippen LogP contribution in [-0.4, -0.2) is 18.2 Å². The normalized spacial score (nSPS) is 15.8. The zero-order valence-corrected chi connectivity index (χ0v) is 10.5. The number of benzene rings is 1. The number of nitrogens with zero attached hydrogens (tertiary/aromatic N) is 2. The van der Waals surface area contributed by atoms with Crippen molar-refractivity contribution in [3.05, 3.63) is 35.4 Å². The molecule has 1 aromatic carbocycles. The van der Waals surface area contributed by atoms with E-state index in [1.807, 2.05) is 6.07 Å². The zero-order chi connectivity index (χ0) is 12.9. The van der Waals surface area contributed by atoms with Crippen LogP contribution in [0.2, 0.25) is 0 Å². The van der Waals surface area contributed by atoms with E-state index in [1.54, 1.807) is 36.1 Å². The second-order valence-electron chi connectivity index (χ2n) is 4.17. The van der Waals surface area contributed by atoms with Gasteiger partial charge in [0.25, 0.3) is 0 Å². The molecule has 2 aromatic rings. The Morgan fingerprint density at radius 3 is 2.78 bits per heavy atom. The van der Waals surface area contributed by atoms with Gasteiger partial charge < -0.3 is 5.73 Å². The van der Waals surface area contributed by atoms with Crippen LogP contribution in [0.25, 0.3) is 17.2 Å². The molecule has 2 N–H and O–H groups in total. The van der Waals surface area contributed by atoms with E-state index >= 15 is 0 Å². The van der Waals surface area contributed by atoms with Crippen LogP contribution in [0.5, 0.6) is 0 Å². The van der Waals surface area contributed by atoms with Gasteiger partial charge in [-0.3, -0.25) is 4.68 Å². The van der Waals surface area contributed by atoms with E-state index < -0.39 is 9.84 Å². The number of anilines is 1. The van der Waals surface area contributed by atoms with Gasteiger partial charge in [0.15, 0.2) is 9.84 Å². The monoisotopic (exact) mass is 261 g/mol. The third kappa shape index (κ3) is 1.46.